The molecule has 2 atom stereocenters. The van der Waals surface area contributed by atoms with E-state index in [2.05, 4.69) is 5.32 Å². The number of hydrogen-bond donors (Lipinski definition) is 1. The maximum Gasteiger partial charge on any atom is 0.163 e. The Balaban J connectivity index is 2.20. The molecule has 1 aliphatic heterocycles. The van der Waals surface area contributed by atoms with Gasteiger partial charge in [0.15, 0.2) is 11.6 Å². The number of aryl methyl sites for hydroxylation is 1. The van der Waals surface area contributed by atoms with Gasteiger partial charge in [-0.3, -0.25) is 0 Å². The maximum absolute atomic E-state index is 14.1. The summed E-state index contributed by atoms with van der Waals surface area (Å²) in [6.45, 7) is 5.02. The number of hydrogen-bond acceptors (Lipinski definition) is 2. The summed E-state index contributed by atoms with van der Waals surface area (Å²) in [6, 6.07) is 3.12. The number of benzene rings is 1. The summed E-state index contributed by atoms with van der Waals surface area (Å²) < 4.78 is 33.3. The minimum absolute atomic E-state index is 0.146. The first-order valence-electron chi connectivity index (χ1n) is 6.93. The molecule has 2 unspecified atom stereocenters. The molecule has 0 spiro atoms. The fourth-order valence-corrected chi connectivity index (χ4v) is 2.59. The zero-order valence-electron chi connectivity index (χ0n) is 11.5. The monoisotopic (exact) mass is 269 g/mol. The number of rotatable bonds is 5. The van der Waals surface area contributed by atoms with Gasteiger partial charge in [-0.25, -0.2) is 8.78 Å². The van der Waals surface area contributed by atoms with Gasteiger partial charge in [0.2, 0.25) is 0 Å². The Morgan fingerprint density at radius 3 is 2.79 bits per heavy atom. The third-order valence-electron chi connectivity index (χ3n) is 3.65. The van der Waals surface area contributed by atoms with Gasteiger partial charge < -0.3 is 10.1 Å². The molecular formula is C15H21F2NO. The Morgan fingerprint density at radius 1 is 1.37 bits per heavy atom. The number of nitrogens with one attached hydrogen (secondary N) is 1. The van der Waals surface area contributed by atoms with Gasteiger partial charge in [-0.1, -0.05) is 19.1 Å². The standard InChI is InChI=1S/C15H21F2NO/c1-3-18-13(9-11-5-4-8-19-11)12-7-6-10(2)14(16)15(12)17/h6-7,11,13,18H,3-5,8-9H2,1-2H3. The van der Waals surface area contributed by atoms with Crippen LogP contribution in [0, 0.1) is 18.6 Å². The van der Waals surface area contributed by atoms with E-state index in [4.69, 9.17) is 4.74 Å². The summed E-state index contributed by atoms with van der Waals surface area (Å²) in [5, 5.41) is 3.23. The van der Waals surface area contributed by atoms with E-state index in [0.717, 1.165) is 19.4 Å². The molecule has 1 N–H and O–H groups in total. The second-order valence-corrected chi connectivity index (χ2v) is 5.08. The highest BCUT2D eigenvalue weighted by Gasteiger charge is 2.24. The Labute approximate surface area is 113 Å². The van der Waals surface area contributed by atoms with E-state index in [-0.39, 0.29) is 12.1 Å². The zero-order valence-corrected chi connectivity index (χ0v) is 11.5. The van der Waals surface area contributed by atoms with Crippen LogP contribution in [0.15, 0.2) is 12.1 Å². The van der Waals surface area contributed by atoms with E-state index in [1.54, 1.807) is 19.1 Å². The lowest BCUT2D eigenvalue weighted by atomic mass is 9.97. The second-order valence-electron chi connectivity index (χ2n) is 5.08. The summed E-state index contributed by atoms with van der Waals surface area (Å²) >= 11 is 0. The molecule has 0 bridgehead atoms. The molecular weight excluding hydrogens is 248 g/mol. The third-order valence-corrected chi connectivity index (χ3v) is 3.65. The van der Waals surface area contributed by atoms with E-state index in [1.807, 2.05) is 6.92 Å². The van der Waals surface area contributed by atoms with Crippen molar-refractivity contribution < 1.29 is 13.5 Å². The first-order chi connectivity index (χ1) is 9.13. The lowest BCUT2D eigenvalue weighted by molar-refractivity contribution is 0.0943. The highest BCUT2D eigenvalue weighted by molar-refractivity contribution is 5.28. The van der Waals surface area contributed by atoms with Crippen LogP contribution in [0.25, 0.3) is 0 Å². The molecule has 0 aromatic heterocycles. The number of ether oxygens (including phenoxy) is 1. The summed E-state index contributed by atoms with van der Waals surface area (Å²) in [7, 11) is 0. The SMILES string of the molecule is CCNC(CC1CCCO1)c1ccc(C)c(F)c1F. The normalized spacial score (nSPS) is 20.7. The molecule has 1 aromatic carbocycles. The van der Waals surface area contributed by atoms with E-state index < -0.39 is 11.6 Å². The minimum atomic E-state index is -0.743. The van der Waals surface area contributed by atoms with Gasteiger partial charge in [-0.2, -0.15) is 0 Å². The molecule has 0 radical (unpaired) electrons. The van der Waals surface area contributed by atoms with Gasteiger partial charge in [0.1, 0.15) is 0 Å². The van der Waals surface area contributed by atoms with Gasteiger partial charge in [0.25, 0.3) is 0 Å². The van der Waals surface area contributed by atoms with Crippen molar-refractivity contribution in [1.29, 1.82) is 0 Å². The van der Waals surface area contributed by atoms with Gasteiger partial charge in [0.05, 0.1) is 6.10 Å². The predicted octanol–water partition coefficient (Wildman–Crippen LogP) is 3.49. The fraction of sp³-hybridized carbons (Fsp3) is 0.600. The van der Waals surface area contributed by atoms with Crippen LogP contribution >= 0.6 is 0 Å². The topological polar surface area (TPSA) is 21.3 Å². The Bertz CT molecular complexity index is 430. The van der Waals surface area contributed by atoms with Crippen molar-refractivity contribution in [3.8, 4) is 0 Å². The summed E-state index contributed by atoms with van der Waals surface area (Å²) in [4.78, 5) is 0. The van der Waals surface area contributed by atoms with Crippen molar-refractivity contribution in [3.63, 3.8) is 0 Å². The van der Waals surface area contributed by atoms with Gasteiger partial charge >= 0.3 is 0 Å². The largest absolute Gasteiger partial charge is 0.378 e. The molecule has 1 aliphatic rings. The van der Waals surface area contributed by atoms with Crippen molar-refractivity contribution >= 4 is 0 Å². The Kier molecular flexibility index (Phi) is 4.88. The van der Waals surface area contributed by atoms with Crippen LogP contribution in [0.1, 0.15) is 43.4 Å². The smallest absolute Gasteiger partial charge is 0.163 e. The number of halogens is 2. The van der Waals surface area contributed by atoms with E-state index >= 15 is 0 Å². The molecule has 1 fully saturated rings. The van der Waals surface area contributed by atoms with E-state index in [9.17, 15) is 8.78 Å². The van der Waals surface area contributed by atoms with E-state index in [0.29, 0.717) is 24.1 Å². The van der Waals surface area contributed by atoms with Gasteiger partial charge in [-0.15, -0.1) is 0 Å². The molecule has 1 heterocycles. The summed E-state index contributed by atoms with van der Waals surface area (Å²) in [5.74, 6) is -1.48. The van der Waals surface area contributed by atoms with Crippen LogP contribution in [0.2, 0.25) is 0 Å². The summed E-state index contributed by atoms with van der Waals surface area (Å²) in [6.07, 6.45) is 2.88. The molecule has 2 nitrogen and oxygen atoms in total. The first-order valence-corrected chi connectivity index (χ1v) is 6.93. The average molecular weight is 269 g/mol. The highest BCUT2D eigenvalue weighted by Crippen LogP contribution is 2.28. The lowest BCUT2D eigenvalue weighted by Crippen LogP contribution is -2.26. The molecule has 106 valence electrons. The molecule has 19 heavy (non-hydrogen) atoms. The average Bonchev–Trinajstić information content (AvgIpc) is 2.89. The van der Waals surface area contributed by atoms with Crippen molar-refractivity contribution in [2.45, 2.75) is 45.3 Å². The molecule has 0 amide bonds. The van der Waals surface area contributed by atoms with Crippen LogP contribution in [-0.2, 0) is 4.74 Å². The van der Waals surface area contributed by atoms with Crippen LogP contribution in [0.5, 0.6) is 0 Å². The van der Waals surface area contributed by atoms with Gasteiger partial charge in [-0.05, 0) is 38.3 Å². The molecule has 1 aromatic rings. The van der Waals surface area contributed by atoms with Crippen molar-refractivity contribution in [2.75, 3.05) is 13.2 Å². The van der Waals surface area contributed by atoms with Crippen LogP contribution < -0.4 is 5.32 Å². The first kappa shape index (κ1) is 14.4. The third kappa shape index (κ3) is 3.31. The highest BCUT2D eigenvalue weighted by atomic mass is 19.2. The quantitative estimate of drug-likeness (QED) is 0.883. The zero-order chi connectivity index (χ0) is 13.8. The summed E-state index contributed by atoms with van der Waals surface area (Å²) in [5.41, 5.74) is 0.745. The van der Waals surface area contributed by atoms with Gasteiger partial charge in [0, 0.05) is 18.2 Å². The molecule has 1 saturated heterocycles. The minimum Gasteiger partial charge on any atom is -0.378 e. The predicted molar refractivity (Wildman–Crippen MR) is 71.1 cm³/mol. The van der Waals surface area contributed by atoms with Crippen molar-refractivity contribution in [1.82, 2.24) is 5.32 Å². The van der Waals surface area contributed by atoms with Crippen LogP contribution in [0.3, 0.4) is 0 Å². The molecule has 2 rings (SSSR count). The van der Waals surface area contributed by atoms with Crippen molar-refractivity contribution in [3.05, 3.63) is 34.9 Å². The maximum atomic E-state index is 14.1. The van der Waals surface area contributed by atoms with Crippen molar-refractivity contribution in [2.24, 2.45) is 0 Å². The molecule has 0 aliphatic carbocycles. The van der Waals surface area contributed by atoms with Crippen LogP contribution in [-0.4, -0.2) is 19.3 Å². The molecule has 0 saturated carbocycles. The molecule has 4 heteroatoms. The lowest BCUT2D eigenvalue weighted by Gasteiger charge is -2.22. The Hall–Kier alpha value is -1.00. The fourth-order valence-electron chi connectivity index (χ4n) is 2.59. The Morgan fingerprint density at radius 2 is 2.16 bits per heavy atom. The second kappa shape index (κ2) is 6.44. The van der Waals surface area contributed by atoms with E-state index in [1.165, 1.54) is 0 Å². The van der Waals surface area contributed by atoms with Crippen LogP contribution in [0.4, 0.5) is 8.78 Å².